The van der Waals surface area contributed by atoms with Gasteiger partial charge in [0.15, 0.2) is 0 Å². The first-order chi connectivity index (χ1) is 9.04. The lowest BCUT2D eigenvalue weighted by atomic mass is 10.3. The lowest BCUT2D eigenvalue weighted by Crippen LogP contribution is -2.43. The van der Waals surface area contributed by atoms with Gasteiger partial charge < -0.3 is 20.7 Å². The molecule has 0 aromatic carbocycles. The number of nitrogens with two attached hydrogens (primary N) is 1. The monoisotopic (exact) mass is 281 g/mol. The molecule has 1 unspecified atom stereocenters. The smallest absolute Gasteiger partial charge is 0.223 e. The van der Waals surface area contributed by atoms with Gasteiger partial charge in [-0.15, -0.1) is 0 Å². The molecule has 0 radical (unpaired) electrons. The summed E-state index contributed by atoms with van der Waals surface area (Å²) in [5.41, 5.74) is 7.02. The number of anilines is 1. The van der Waals surface area contributed by atoms with Gasteiger partial charge in [0.05, 0.1) is 12.7 Å². The maximum atomic E-state index is 5.67. The highest BCUT2D eigenvalue weighted by Crippen LogP contribution is 2.07. The first-order valence-corrected chi connectivity index (χ1v) is 6.65. The molecule has 0 saturated carbocycles. The number of rotatable bonds is 4. The van der Waals surface area contributed by atoms with Gasteiger partial charge in [-0.1, -0.05) is 12.2 Å². The lowest BCUT2D eigenvalue weighted by molar-refractivity contribution is -0.0118. The Hall–Kier alpha value is -1.31. The normalized spacial score (nSPS) is 20.2. The summed E-state index contributed by atoms with van der Waals surface area (Å²) in [6, 6.07) is 1.78. The minimum absolute atomic E-state index is 0.149. The SMILES string of the molecule is Cc1cc(C(N)=S)nc(NCC2CN(C)CCO2)n1. The second-order valence-electron chi connectivity index (χ2n) is 4.72. The van der Waals surface area contributed by atoms with Crippen molar-refractivity contribution in [2.24, 2.45) is 5.73 Å². The quantitative estimate of drug-likeness (QED) is 0.761. The van der Waals surface area contributed by atoms with E-state index < -0.39 is 0 Å². The number of nitrogens with one attached hydrogen (secondary N) is 1. The van der Waals surface area contributed by atoms with E-state index in [1.54, 1.807) is 6.07 Å². The first-order valence-electron chi connectivity index (χ1n) is 6.24. The number of hydrogen-bond donors (Lipinski definition) is 2. The van der Waals surface area contributed by atoms with Crippen LogP contribution in [0.4, 0.5) is 5.95 Å². The molecule has 1 fully saturated rings. The molecule has 0 bridgehead atoms. The molecule has 1 aliphatic rings. The van der Waals surface area contributed by atoms with Crippen LogP contribution in [0.1, 0.15) is 11.4 Å². The molecule has 0 aliphatic carbocycles. The van der Waals surface area contributed by atoms with Crippen LogP contribution in [0.25, 0.3) is 0 Å². The van der Waals surface area contributed by atoms with Crippen molar-refractivity contribution >= 4 is 23.2 Å². The fraction of sp³-hybridized carbons (Fsp3) is 0.583. The summed E-state index contributed by atoms with van der Waals surface area (Å²) < 4.78 is 5.67. The average molecular weight is 281 g/mol. The third-order valence-electron chi connectivity index (χ3n) is 2.94. The molecule has 1 aliphatic heterocycles. The summed E-state index contributed by atoms with van der Waals surface area (Å²) in [4.78, 5) is 11.1. The maximum absolute atomic E-state index is 5.67. The standard InChI is InChI=1S/C12H19N5OS/c1-8-5-10(11(13)19)16-12(15-8)14-6-9-7-17(2)3-4-18-9/h5,9H,3-4,6-7H2,1-2H3,(H2,13,19)(H,14,15,16). The Kier molecular flexibility index (Phi) is 4.62. The average Bonchev–Trinajstić information content (AvgIpc) is 2.36. The zero-order valence-electron chi connectivity index (χ0n) is 11.2. The Morgan fingerprint density at radius 1 is 1.63 bits per heavy atom. The summed E-state index contributed by atoms with van der Waals surface area (Å²) >= 11 is 4.93. The number of likely N-dealkylation sites (N-methyl/N-ethyl adjacent to an activating group) is 1. The van der Waals surface area contributed by atoms with Crippen molar-refractivity contribution < 1.29 is 4.74 Å². The number of aryl methyl sites for hydroxylation is 1. The molecule has 1 saturated heterocycles. The predicted octanol–water partition coefficient (Wildman–Crippen LogP) is 0.162. The van der Waals surface area contributed by atoms with Gasteiger partial charge in [-0.05, 0) is 20.0 Å². The molecular formula is C12H19N5OS. The van der Waals surface area contributed by atoms with E-state index in [2.05, 4.69) is 27.2 Å². The van der Waals surface area contributed by atoms with Crippen molar-refractivity contribution in [3.63, 3.8) is 0 Å². The molecule has 104 valence electrons. The molecule has 19 heavy (non-hydrogen) atoms. The Morgan fingerprint density at radius 3 is 3.11 bits per heavy atom. The van der Waals surface area contributed by atoms with Crippen molar-refractivity contribution in [2.45, 2.75) is 13.0 Å². The number of aromatic nitrogens is 2. The van der Waals surface area contributed by atoms with Crippen molar-refractivity contribution in [2.75, 3.05) is 38.6 Å². The summed E-state index contributed by atoms with van der Waals surface area (Å²) in [5.74, 6) is 0.541. The van der Waals surface area contributed by atoms with Gasteiger partial charge in [-0.3, -0.25) is 0 Å². The number of nitrogens with zero attached hydrogens (tertiary/aromatic N) is 3. The van der Waals surface area contributed by atoms with Crippen molar-refractivity contribution in [1.82, 2.24) is 14.9 Å². The topological polar surface area (TPSA) is 76.3 Å². The predicted molar refractivity (Wildman–Crippen MR) is 78.4 cm³/mol. The molecular weight excluding hydrogens is 262 g/mol. The van der Waals surface area contributed by atoms with E-state index in [0.717, 1.165) is 25.4 Å². The Bertz CT molecular complexity index is 467. The number of ether oxygens (including phenoxy) is 1. The molecule has 0 amide bonds. The van der Waals surface area contributed by atoms with Gasteiger partial charge in [-0.2, -0.15) is 0 Å². The second-order valence-corrected chi connectivity index (χ2v) is 5.16. The summed E-state index contributed by atoms with van der Waals surface area (Å²) in [6.07, 6.45) is 0.149. The van der Waals surface area contributed by atoms with E-state index in [9.17, 15) is 0 Å². The molecule has 1 aromatic rings. The number of morpholine rings is 1. The zero-order valence-corrected chi connectivity index (χ0v) is 12.0. The zero-order chi connectivity index (χ0) is 13.8. The van der Waals surface area contributed by atoms with Crippen molar-refractivity contribution in [1.29, 1.82) is 0 Å². The van der Waals surface area contributed by atoms with Crippen LogP contribution in [0.2, 0.25) is 0 Å². The van der Waals surface area contributed by atoms with Crippen LogP contribution in [-0.4, -0.2) is 59.2 Å². The molecule has 2 rings (SSSR count). The van der Waals surface area contributed by atoms with Crippen molar-refractivity contribution in [3.05, 3.63) is 17.5 Å². The number of hydrogen-bond acceptors (Lipinski definition) is 6. The summed E-state index contributed by atoms with van der Waals surface area (Å²) in [7, 11) is 2.09. The van der Waals surface area contributed by atoms with Gasteiger partial charge in [0.25, 0.3) is 0 Å². The summed E-state index contributed by atoms with van der Waals surface area (Å²) in [5, 5.41) is 3.18. The van der Waals surface area contributed by atoms with Crippen LogP contribution in [-0.2, 0) is 4.74 Å². The molecule has 1 atom stereocenters. The molecule has 1 aromatic heterocycles. The molecule has 2 heterocycles. The van der Waals surface area contributed by atoms with E-state index in [1.807, 2.05) is 6.92 Å². The van der Waals surface area contributed by atoms with Crippen LogP contribution >= 0.6 is 12.2 Å². The molecule has 3 N–H and O–H groups in total. The highest BCUT2D eigenvalue weighted by Gasteiger charge is 2.17. The van der Waals surface area contributed by atoms with Gasteiger partial charge in [0.2, 0.25) is 5.95 Å². The van der Waals surface area contributed by atoms with Gasteiger partial charge >= 0.3 is 0 Å². The minimum atomic E-state index is 0.149. The fourth-order valence-corrected chi connectivity index (χ4v) is 2.07. The third-order valence-corrected chi connectivity index (χ3v) is 3.15. The van der Waals surface area contributed by atoms with Gasteiger partial charge in [-0.25, -0.2) is 9.97 Å². The Morgan fingerprint density at radius 2 is 2.42 bits per heavy atom. The van der Waals surface area contributed by atoms with E-state index in [-0.39, 0.29) is 11.1 Å². The lowest BCUT2D eigenvalue weighted by Gasteiger charge is -2.30. The maximum Gasteiger partial charge on any atom is 0.223 e. The van der Waals surface area contributed by atoms with Crippen LogP contribution < -0.4 is 11.1 Å². The third kappa shape index (κ3) is 4.09. The minimum Gasteiger partial charge on any atom is -0.388 e. The van der Waals surface area contributed by atoms with Crippen LogP contribution in [0.15, 0.2) is 6.07 Å². The van der Waals surface area contributed by atoms with E-state index in [4.69, 9.17) is 22.7 Å². The van der Waals surface area contributed by atoms with E-state index in [0.29, 0.717) is 18.2 Å². The Labute approximate surface area is 118 Å². The van der Waals surface area contributed by atoms with E-state index in [1.165, 1.54) is 0 Å². The molecule has 0 spiro atoms. The fourth-order valence-electron chi connectivity index (χ4n) is 1.97. The van der Waals surface area contributed by atoms with Crippen molar-refractivity contribution in [3.8, 4) is 0 Å². The Balaban J connectivity index is 1.97. The van der Waals surface area contributed by atoms with Gasteiger partial charge in [0, 0.05) is 25.3 Å². The van der Waals surface area contributed by atoms with Crippen LogP contribution in [0, 0.1) is 6.92 Å². The van der Waals surface area contributed by atoms with Crippen LogP contribution in [0.3, 0.4) is 0 Å². The summed E-state index contributed by atoms with van der Waals surface area (Å²) in [6.45, 7) is 5.20. The highest BCUT2D eigenvalue weighted by molar-refractivity contribution is 7.80. The second kappa shape index (κ2) is 6.23. The van der Waals surface area contributed by atoms with E-state index >= 15 is 0 Å². The van der Waals surface area contributed by atoms with Gasteiger partial charge in [0.1, 0.15) is 10.7 Å². The highest BCUT2D eigenvalue weighted by atomic mass is 32.1. The number of thiocarbonyl (C=S) groups is 1. The molecule has 7 heteroatoms. The largest absolute Gasteiger partial charge is 0.388 e. The molecule has 6 nitrogen and oxygen atoms in total. The van der Waals surface area contributed by atoms with Crippen LogP contribution in [0.5, 0.6) is 0 Å². The first kappa shape index (κ1) is 14.1.